The number of ether oxygens (including phenoxy) is 1. The minimum Gasteiger partial charge on any atom is -0.396 e. The number of rotatable bonds is 6. The van der Waals surface area contributed by atoms with Crippen LogP contribution in [-0.4, -0.2) is 60.1 Å². The fraction of sp³-hybridized carbons (Fsp3) is 1.00. The molecule has 0 heterocycles. The van der Waals surface area contributed by atoms with Crippen molar-refractivity contribution in [2.45, 2.75) is 13.8 Å². The van der Waals surface area contributed by atoms with Gasteiger partial charge >= 0.3 is 0 Å². The summed E-state index contributed by atoms with van der Waals surface area (Å²) in [6.07, 6.45) is 0. The smallest absolute Gasteiger partial charge is 0.0627 e. The highest BCUT2D eigenvalue weighted by Gasteiger charge is 2.26. The van der Waals surface area contributed by atoms with E-state index in [1.807, 2.05) is 13.8 Å². The Morgan fingerprint density at radius 3 is 1.07 bits per heavy atom. The van der Waals surface area contributed by atoms with E-state index in [1.165, 1.54) is 0 Å². The Bertz CT molecular complexity index is 83.9. The molecule has 0 spiro atoms. The van der Waals surface area contributed by atoms with E-state index in [2.05, 4.69) is 0 Å². The van der Waals surface area contributed by atoms with Crippen molar-refractivity contribution >= 4 is 0 Å². The lowest BCUT2D eigenvalue weighted by molar-refractivity contribution is -0.0328. The molecular formula is C9H22O5. The molecule has 0 amide bonds. The molecule has 0 unspecified atom stereocenters. The highest BCUT2D eigenvalue weighted by atomic mass is 16.5. The number of hydrogen-bond donors (Lipinski definition) is 4. The molecule has 0 aromatic heterocycles. The highest BCUT2D eigenvalue weighted by Crippen LogP contribution is 2.11. The van der Waals surface area contributed by atoms with Crippen molar-refractivity contribution in [3.8, 4) is 0 Å². The van der Waals surface area contributed by atoms with Crippen molar-refractivity contribution in [1.82, 2.24) is 0 Å². The molecule has 5 nitrogen and oxygen atoms in total. The molecule has 0 rings (SSSR count). The average Bonchev–Trinajstić information content (AvgIpc) is 2.24. The van der Waals surface area contributed by atoms with Gasteiger partial charge in [-0.05, 0) is 13.8 Å². The topological polar surface area (TPSA) is 90.2 Å². The van der Waals surface area contributed by atoms with Crippen molar-refractivity contribution in [1.29, 1.82) is 0 Å². The minimum atomic E-state index is -1.11. The van der Waals surface area contributed by atoms with Crippen LogP contribution in [0.15, 0.2) is 0 Å². The number of aliphatic hydroxyl groups excluding tert-OH is 4. The first-order valence-electron chi connectivity index (χ1n) is 4.67. The predicted molar refractivity (Wildman–Crippen MR) is 52.9 cm³/mol. The van der Waals surface area contributed by atoms with Crippen LogP contribution in [0.4, 0.5) is 0 Å². The number of aliphatic hydroxyl groups is 4. The third kappa shape index (κ3) is 7.23. The first-order chi connectivity index (χ1) is 6.66. The third-order valence-electron chi connectivity index (χ3n) is 1.75. The van der Waals surface area contributed by atoms with Gasteiger partial charge < -0.3 is 25.2 Å². The minimum absolute atomic E-state index is 0.406. The summed E-state index contributed by atoms with van der Waals surface area (Å²) >= 11 is 0. The maximum absolute atomic E-state index is 8.50. The quantitative estimate of drug-likeness (QED) is 0.451. The fourth-order valence-electron chi connectivity index (χ4n) is 0.504. The fourth-order valence-corrected chi connectivity index (χ4v) is 0.504. The molecular weight excluding hydrogens is 188 g/mol. The standard InChI is InChI=1S/C5H12O4.C4H10O/c6-1-5(2-7,3-8)4-9;1-3-5-4-2/h6-9H,1-4H2;3-4H2,1-2H3. The Balaban J connectivity index is 0. The van der Waals surface area contributed by atoms with Crippen LogP contribution in [0.1, 0.15) is 13.8 Å². The van der Waals surface area contributed by atoms with Crippen LogP contribution in [0.2, 0.25) is 0 Å². The van der Waals surface area contributed by atoms with Crippen LogP contribution in [0.3, 0.4) is 0 Å². The first kappa shape index (κ1) is 16.2. The summed E-state index contributed by atoms with van der Waals surface area (Å²) in [4.78, 5) is 0. The lowest BCUT2D eigenvalue weighted by Gasteiger charge is -2.23. The normalized spacial score (nSPS) is 10.7. The average molecular weight is 210 g/mol. The maximum atomic E-state index is 8.50. The van der Waals surface area contributed by atoms with Gasteiger partial charge in [-0.3, -0.25) is 0 Å². The molecule has 4 N–H and O–H groups in total. The van der Waals surface area contributed by atoms with Crippen LogP contribution < -0.4 is 0 Å². The van der Waals surface area contributed by atoms with Crippen LogP contribution in [-0.2, 0) is 4.74 Å². The molecule has 0 fully saturated rings. The van der Waals surface area contributed by atoms with Crippen molar-refractivity contribution < 1.29 is 25.2 Å². The van der Waals surface area contributed by atoms with Gasteiger partial charge in [0.15, 0.2) is 0 Å². The van der Waals surface area contributed by atoms with Crippen LogP contribution in [0, 0.1) is 5.41 Å². The summed E-state index contributed by atoms with van der Waals surface area (Å²) in [5.41, 5.74) is -1.11. The Hall–Kier alpha value is -0.200. The van der Waals surface area contributed by atoms with E-state index in [0.29, 0.717) is 0 Å². The highest BCUT2D eigenvalue weighted by molar-refractivity contribution is 4.74. The van der Waals surface area contributed by atoms with E-state index in [9.17, 15) is 0 Å². The van der Waals surface area contributed by atoms with E-state index in [-0.39, 0.29) is 0 Å². The summed E-state index contributed by atoms with van der Waals surface area (Å²) in [5.74, 6) is 0. The molecule has 14 heavy (non-hydrogen) atoms. The van der Waals surface area contributed by atoms with Gasteiger partial charge in [0.25, 0.3) is 0 Å². The van der Waals surface area contributed by atoms with Gasteiger partial charge in [-0.1, -0.05) is 0 Å². The summed E-state index contributed by atoms with van der Waals surface area (Å²) in [6, 6.07) is 0. The summed E-state index contributed by atoms with van der Waals surface area (Å²) in [5, 5.41) is 34.0. The Kier molecular flexibility index (Phi) is 12.6. The summed E-state index contributed by atoms with van der Waals surface area (Å²) in [6.45, 7) is 4.04. The molecule has 0 aliphatic heterocycles. The zero-order valence-corrected chi connectivity index (χ0v) is 8.94. The van der Waals surface area contributed by atoms with Gasteiger partial charge in [0.2, 0.25) is 0 Å². The van der Waals surface area contributed by atoms with Crippen LogP contribution in [0.5, 0.6) is 0 Å². The van der Waals surface area contributed by atoms with E-state index in [4.69, 9.17) is 25.2 Å². The second kappa shape index (κ2) is 10.9. The predicted octanol–water partition coefficient (Wildman–Crippen LogP) is -1.02. The van der Waals surface area contributed by atoms with Crippen LogP contribution >= 0.6 is 0 Å². The Labute approximate surface area is 85.0 Å². The van der Waals surface area contributed by atoms with E-state index >= 15 is 0 Å². The molecule has 5 heteroatoms. The second-order valence-corrected chi connectivity index (χ2v) is 2.91. The van der Waals surface area contributed by atoms with Crippen molar-refractivity contribution in [2.24, 2.45) is 5.41 Å². The Morgan fingerprint density at radius 1 is 0.786 bits per heavy atom. The summed E-state index contributed by atoms with van der Waals surface area (Å²) in [7, 11) is 0. The molecule has 0 aromatic carbocycles. The molecule has 0 atom stereocenters. The molecule has 0 aliphatic carbocycles. The van der Waals surface area contributed by atoms with Crippen molar-refractivity contribution in [3.63, 3.8) is 0 Å². The molecule has 0 saturated carbocycles. The zero-order chi connectivity index (χ0) is 11.4. The maximum Gasteiger partial charge on any atom is 0.0627 e. The second-order valence-electron chi connectivity index (χ2n) is 2.91. The van der Waals surface area contributed by atoms with Crippen molar-refractivity contribution in [3.05, 3.63) is 0 Å². The number of hydrogen-bond acceptors (Lipinski definition) is 5. The van der Waals surface area contributed by atoms with Gasteiger partial charge in [-0.2, -0.15) is 0 Å². The first-order valence-corrected chi connectivity index (χ1v) is 4.67. The molecule has 0 bridgehead atoms. The molecule has 0 aliphatic rings. The van der Waals surface area contributed by atoms with Gasteiger partial charge in [-0.15, -0.1) is 0 Å². The zero-order valence-electron chi connectivity index (χ0n) is 8.94. The molecule has 0 saturated heterocycles. The van der Waals surface area contributed by atoms with Gasteiger partial charge in [0.1, 0.15) is 0 Å². The van der Waals surface area contributed by atoms with Crippen LogP contribution in [0.25, 0.3) is 0 Å². The summed E-state index contributed by atoms with van der Waals surface area (Å²) < 4.78 is 4.83. The SMILES string of the molecule is CCOCC.OCC(CO)(CO)CO. The lowest BCUT2D eigenvalue weighted by Crippen LogP contribution is -2.37. The van der Waals surface area contributed by atoms with Gasteiger partial charge in [0.05, 0.1) is 31.8 Å². The van der Waals surface area contributed by atoms with Gasteiger partial charge in [-0.25, -0.2) is 0 Å². The lowest BCUT2D eigenvalue weighted by atomic mass is 9.93. The van der Waals surface area contributed by atoms with E-state index in [1.54, 1.807) is 0 Å². The van der Waals surface area contributed by atoms with E-state index < -0.39 is 31.8 Å². The van der Waals surface area contributed by atoms with Gasteiger partial charge in [0, 0.05) is 13.2 Å². The largest absolute Gasteiger partial charge is 0.396 e. The van der Waals surface area contributed by atoms with E-state index in [0.717, 1.165) is 13.2 Å². The molecule has 88 valence electrons. The molecule has 0 radical (unpaired) electrons. The third-order valence-corrected chi connectivity index (χ3v) is 1.75. The monoisotopic (exact) mass is 210 g/mol. The Morgan fingerprint density at radius 2 is 1.07 bits per heavy atom. The van der Waals surface area contributed by atoms with Crippen molar-refractivity contribution in [2.75, 3.05) is 39.6 Å². The molecule has 0 aromatic rings.